The Morgan fingerprint density at radius 2 is 1.80 bits per heavy atom. The summed E-state index contributed by atoms with van der Waals surface area (Å²) in [5, 5.41) is 14.7. The maximum absolute atomic E-state index is 12.0. The zero-order valence-corrected chi connectivity index (χ0v) is 14.5. The predicted molar refractivity (Wildman–Crippen MR) is 100 cm³/mol. The molecule has 7 heteroatoms. The number of nitrogens with zero attached hydrogens (tertiary/aromatic N) is 2. The van der Waals surface area contributed by atoms with E-state index in [1.54, 1.807) is 0 Å². The van der Waals surface area contributed by atoms with Crippen LogP contribution in [0.2, 0.25) is 0 Å². The fourth-order valence-corrected chi connectivity index (χ4v) is 2.83. The van der Waals surface area contributed by atoms with Crippen molar-refractivity contribution < 1.29 is 9.53 Å². The Bertz CT molecular complexity index is 819. The van der Waals surface area contributed by atoms with Gasteiger partial charge in [-0.3, -0.25) is 5.32 Å². The molecule has 2 amide bonds. The molecule has 1 aromatic heterocycles. The smallest absolute Gasteiger partial charge is 0.325 e. The SMILES string of the molecule is CCCOc1ccc(-c2nnc(NC(=O)Nc3ccccc3)s2)cc1. The van der Waals surface area contributed by atoms with Crippen LogP contribution in [0.5, 0.6) is 5.75 Å². The fraction of sp³-hybridized carbons (Fsp3) is 0.167. The van der Waals surface area contributed by atoms with Crippen molar-refractivity contribution in [3.8, 4) is 16.3 Å². The van der Waals surface area contributed by atoms with Crippen LogP contribution in [0.15, 0.2) is 54.6 Å². The second kappa shape index (κ2) is 8.25. The topological polar surface area (TPSA) is 76.1 Å². The molecule has 0 aliphatic heterocycles. The van der Waals surface area contributed by atoms with E-state index in [1.165, 1.54) is 11.3 Å². The van der Waals surface area contributed by atoms with Crippen LogP contribution in [0.1, 0.15) is 13.3 Å². The molecule has 0 bridgehead atoms. The Balaban J connectivity index is 1.61. The van der Waals surface area contributed by atoms with Gasteiger partial charge in [-0.1, -0.05) is 36.5 Å². The number of hydrogen-bond acceptors (Lipinski definition) is 5. The van der Waals surface area contributed by atoms with Gasteiger partial charge in [0.05, 0.1) is 6.61 Å². The molecular formula is C18H18N4O2S. The van der Waals surface area contributed by atoms with E-state index < -0.39 is 0 Å². The first-order valence-electron chi connectivity index (χ1n) is 7.94. The number of nitrogens with one attached hydrogen (secondary N) is 2. The number of urea groups is 1. The third kappa shape index (κ3) is 4.77. The lowest BCUT2D eigenvalue weighted by Crippen LogP contribution is -2.19. The number of aromatic nitrogens is 2. The summed E-state index contributed by atoms with van der Waals surface area (Å²) in [6, 6.07) is 16.5. The molecule has 0 atom stereocenters. The molecule has 3 aromatic rings. The van der Waals surface area contributed by atoms with E-state index in [2.05, 4.69) is 27.8 Å². The minimum absolute atomic E-state index is 0.350. The third-order valence-electron chi connectivity index (χ3n) is 3.25. The number of amides is 2. The lowest BCUT2D eigenvalue weighted by Gasteiger charge is -2.04. The van der Waals surface area contributed by atoms with E-state index in [0.29, 0.717) is 17.4 Å². The Kier molecular flexibility index (Phi) is 5.58. The van der Waals surface area contributed by atoms with Crippen molar-refractivity contribution >= 4 is 28.2 Å². The van der Waals surface area contributed by atoms with Crippen molar-refractivity contribution in [2.24, 2.45) is 0 Å². The summed E-state index contributed by atoms with van der Waals surface area (Å²) in [5.74, 6) is 0.829. The van der Waals surface area contributed by atoms with E-state index in [0.717, 1.165) is 22.7 Å². The van der Waals surface area contributed by atoms with Crippen LogP contribution in [0, 0.1) is 0 Å². The van der Waals surface area contributed by atoms with E-state index in [9.17, 15) is 4.79 Å². The van der Waals surface area contributed by atoms with E-state index in [4.69, 9.17) is 4.74 Å². The van der Waals surface area contributed by atoms with Crippen molar-refractivity contribution in [3.05, 3.63) is 54.6 Å². The van der Waals surface area contributed by atoms with Crippen LogP contribution in [0.3, 0.4) is 0 Å². The van der Waals surface area contributed by atoms with Crippen LogP contribution < -0.4 is 15.4 Å². The van der Waals surface area contributed by atoms with Crippen molar-refractivity contribution in [2.45, 2.75) is 13.3 Å². The first-order chi connectivity index (χ1) is 12.2. The molecule has 0 aliphatic rings. The number of anilines is 2. The molecule has 128 valence electrons. The van der Waals surface area contributed by atoms with Gasteiger partial charge in [-0.15, -0.1) is 10.2 Å². The highest BCUT2D eigenvalue weighted by atomic mass is 32.1. The molecule has 0 saturated heterocycles. The molecule has 1 heterocycles. The lowest BCUT2D eigenvalue weighted by atomic mass is 10.2. The Morgan fingerprint density at radius 1 is 1.04 bits per heavy atom. The summed E-state index contributed by atoms with van der Waals surface area (Å²) in [5.41, 5.74) is 1.64. The Hall–Kier alpha value is -2.93. The molecular weight excluding hydrogens is 336 g/mol. The Morgan fingerprint density at radius 3 is 2.52 bits per heavy atom. The van der Waals surface area contributed by atoms with Gasteiger partial charge < -0.3 is 10.1 Å². The molecule has 0 radical (unpaired) electrons. The average molecular weight is 354 g/mol. The number of hydrogen-bond donors (Lipinski definition) is 2. The third-order valence-corrected chi connectivity index (χ3v) is 4.14. The quantitative estimate of drug-likeness (QED) is 0.676. The van der Waals surface area contributed by atoms with Crippen molar-refractivity contribution in [1.29, 1.82) is 0 Å². The van der Waals surface area contributed by atoms with Crippen LogP contribution >= 0.6 is 11.3 Å². The predicted octanol–water partition coefficient (Wildman–Crippen LogP) is 4.64. The van der Waals surface area contributed by atoms with Gasteiger partial charge in [0.15, 0.2) is 0 Å². The largest absolute Gasteiger partial charge is 0.494 e. The second-order valence-electron chi connectivity index (χ2n) is 5.23. The van der Waals surface area contributed by atoms with Crippen LogP contribution in [-0.2, 0) is 0 Å². The summed E-state index contributed by atoms with van der Waals surface area (Å²) in [4.78, 5) is 12.0. The van der Waals surface area contributed by atoms with Gasteiger partial charge >= 0.3 is 6.03 Å². The van der Waals surface area contributed by atoms with Crippen LogP contribution in [-0.4, -0.2) is 22.8 Å². The number of carbonyl (C=O) groups is 1. The number of carbonyl (C=O) groups excluding carboxylic acids is 1. The van der Waals surface area contributed by atoms with Crippen molar-refractivity contribution in [1.82, 2.24) is 10.2 Å². The molecule has 0 aliphatic carbocycles. The van der Waals surface area contributed by atoms with Crippen molar-refractivity contribution in [2.75, 3.05) is 17.2 Å². The standard InChI is InChI=1S/C18H18N4O2S/c1-2-12-24-15-10-8-13(9-11-15)16-21-22-18(25-16)20-17(23)19-14-6-4-3-5-7-14/h3-11H,2,12H2,1H3,(H2,19,20,22,23). The molecule has 0 unspecified atom stereocenters. The van der Waals surface area contributed by atoms with Gasteiger partial charge in [0.25, 0.3) is 0 Å². The monoisotopic (exact) mass is 354 g/mol. The van der Waals surface area contributed by atoms with Crippen LogP contribution in [0.4, 0.5) is 15.6 Å². The summed E-state index contributed by atoms with van der Waals surface area (Å²) in [6.45, 7) is 2.76. The van der Waals surface area contributed by atoms with Gasteiger partial charge in [0.2, 0.25) is 5.13 Å². The van der Waals surface area contributed by atoms with Gasteiger partial charge in [0, 0.05) is 11.3 Å². The highest BCUT2D eigenvalue weighted by Crippen LogP contribution is 2.27. The molecule has 0 spiro atoms. The molecule has 3 rings (SSSR count). The summed E-state index contributed by atoms with van der Waals surface area (Å²) < 4.78 is 5.56. The maximum Gasteiger partial charge on any atom is 0.325 e. The van der Waals surface area contributed by atoms with E-state index in [1.807, 2.05) is 54.6 Å². The lowest BCUT2D eigenvalue weighted by molar-refractivity contribution is 0.262. The molecule has 0 fully saturated rings. The summed E-state index contributed by atoms with van der Waals surface area (Å²) in [6.07, 6.45) is 0.970. The second-order valence-corrected chi connectivity index (χ2v) is 6.21. The van der Waals surface area contributed by atoms with Gasteiger partial charge in [0.1, 0.15) is 10.8 Å². The first kappa shape index (κ1) is 16.9. The highest BCUT2D eigenvalue weighted by Gasteiger charge is 2.10. The van der Waals surface area contributed by atoms with E-state index >= 15 is 0 Å². The zero-order chi connectivity index (χ0) is 17.5. The highest BCUT2D eigenvalue weighted by molar-refractivity contribution is 7.18. The van der Waals surface area contributed by atoms with Crippen LogP contribution in [0.25, 0.3) is 10.6 Å². The minimum Gasteiger partial charge on any atom is -0.494 e. The average Bonchev–Trinajstić information content (AvgIpc) is 3.09. The molecule has 25 heavy (non-hydrogen) atoms. The van der Waals surface area contributed by atoms with Gasteiger partial charge in [-0.2, -0.15) is 0 Å². The van der Waals surface area contributed by atoms with Crippen molar-refractivity contribution in [3.63, 3.8) is 0 Å². The normalized spacial score (nSPS) is 10.3. The van der Waals surface area contributed by atoms with E-state index in [-0.39, 0.29) is 6.03 Å². The molecule has 2 N–H and O–H groups in total. The molecule has 0 saturated carbocycles. The van der Waals surface area contributed by atoms with Gasteiger partial charge in [-0.05, 0) is 42.8 Å². The number of benzene rings is 2. The fourth-order valence-electron chi connectivity index (χ4n) is 2.09. The molecule has 6 nitrogen and oxygen atoms in total. The number of ether oxygens (including phenoxy) is 1. The number of para-hydroxylation sites is 1. The maximum atomic E-state index is 12.0. The zero-order valence-electron chi connectivity index (χ0n) is 13.7. The Labute approximate surface area is 149 Å². The summed E-state index contributed by atoms with van der Waals surface area (Å²) >= 11 is 1.31. The molecule has 2 aromatic carbocycles. The minimum atomic E-state index is -0.350. The van der Waals surface area contributed by atoms with Gasteiger partial charge in [-0.25, -0.2) is 4.79 Å². The number of rotatable bonds is 6. The first-order valence-corrected chi connectivity index (χ1v) is 8.76. The summed E-state index contributed by atoms with van der Waals surface area (Å²) in [7, 11) is 0.